The molecule has 3 nitrogen and oxygen atoms in total. The summed E-state index contributed by atoms with van der Waals surface area (Å²) in [6, 6.07) is 9.73. The van der Waals surface area contributed by atoms with Crippen molar-refractivity contribution in [1.29, 1.82) is 0 Å². The minimum absolute atomic E-state index is 0.0835. The molecule has 0 aliphatic carbocycles. The molecule has 4 heteroatoms. The van der Waals surface area contributed by atoms with Gasteiger partial charge in [0.25, 0.3) is 5.91 Å². The normalized spacial score (nSPS) is 14.0. The maximum absolute atomic E-state index is 12.6. The Balaban J connectivity index is 1.84. The average molecular weight is 331 g/mol. The first-order chi connectivity index (χ1) is 9.65. The molecule has 0 fully saturated rings. The molecule has 0 radical (unpaired) electrons. The number of benzene rings is 1. The van der Waals surface area contributed by atoms with E-state index in [4.69, 9.17) is 0 Å². The number of amides is 1. The number of carbonyl (C=O) groups is 1. The molecule has 0 atom stereocenters. The number of hydrogen-bond donors (Lipinski definition) is 0. The van der Waals surface area contributed by atoms with Gasteiger partial charge in [-0.2, -0.15) is 0 Å². The second-order valence-electron chi connectivity index (χ2n) is 5.05. The zero-order valence-corrected chi connectivity index (χ0v) is 12.9. The summed E-state index contributed by atoms with van der Waals surface area (Å²) < 4.78 is 0.974. The number of pyridine rings is 1. The van der Waals surface area contributed by atoms with Crippen LogP contribution in [0.2, 0.25) is 0 Å². The van der Waals surface area contributed by atoms with Crippen molar-refractivity contribution in [2.24, 2.45) is 0 Å². The van der Waals surface area contributed by atoms with Gasteiger partial charge in [-0.05, 0) is 36.2 Å². The summed E-state index contributed by atoms with van der Waals surface area (Å²) in [5.74, 6) is 0.0835. The first-order valence-electron chi connectivity index (χ1n) is 6.63. The summed E-state index contributed by atoms with van der Waals surface area (Å²) in [5.41, 5.74) is 4.13. The van der Waals surface area contributed by atoms with Crippen LogP contribution in [-0.2, 0) is 13.0 Å². The van der Waals surface area contributed by atoms with Crippen LogP contribution in [0.5, 0.6) is 0 Å². The van der Waals surface area contributed by atoms with Crippen LogP contribution in [0.15, 0.2) is 41.0 Å². The van der Waals surface area contributed by atoms with Crippen molar-refractivity contribution < 1.29 is 4.79 Å². The standard InChI is InChI=1S/C16H15BrN2O/c1-11-4-5-12(9-14(11)17)16(20)19-8-6-15-13(10-19)3-2-7-18-15/h2-5,7,9H,6,8,10H2,1H3. The van der Waals surface area contributed by atoms with Crippen LogP contribution in [0.25, 0.3) is 0 Å². The van der Waals surface area contributed by atoms with Gasteiger partial charge in [0.15, 0.2) is 0 Å². The van der Waals surface area contributed by atoms with Crippen LogP contribution in [-0.4, -0.2) is 22.3 Å². The van der Waals surface area contributed by atoms with Crippen molar-refractivity contribution in [1.82, 2.24) is 9.88 Å². The van der Waals surface area contributed by atoms with E-state index in [2.05, 4.69) is 20.9 Å². The van der Waals surface area contributed by atoms with Gasteiger partial charge in [0.05, 0.1) is 0 Å². The molecule has 0 saturated carbocycles. The lowest BCUT2D eigenvalue weighted by Gasteiger charge is -2.28. The average Bonchev–Trinajstić information content (AvgIpc) is 2.49. The molecule has 2 aromatic rings. The van der Waals surface area contributed by atoms with Gasteiger partial charge in [-0.1, -0.05) is 28.1 Å². The Morgan fingerprint density at radius 2 is 2.20 bits per heavy atom. The highest BCUT2D eigenvalue weighted by molar-refractivity contribution is 9.10. The van der Waals surface area contributed by atoms with Gasteiger partial charge in [0.2, 0.25) is 0 Å². The maximum atomic E-state index is 12.6. The molecule has 1 aliphatic heterocycles. The molecule has 102 valence electrons. The van der Waals surface area contributed by atoms with E-state index in [0.717, 1.165) is 39.8 Å². The number of nitrogens with zero attached hydrogens (tertiary/aromatic N) is 2. The largest absolute Gasteiger partial charge is 0.334 e. The molecule has 2 heterocycles. The zero-order chi connectivity index (χ0) is 14.1. The third kappa shape index (κ3) is 2.48. The Bertz CT molecular complexity index is 669. The summed E-state index contributed by atoms with van der Waals surface area (Å²) in [6.07, 6.45) is 2.64. The van der Waals surface area contributed by atoms with Crippen LogP contribution >= 0.6 is 15.9 Å². The fourth-order valence-corrected chi connectivity index (χ4v) is 2.83. The summed E-state index contributed by atoms with van der Waals surface area (Å²) in [7, 11) is 0. The van der Waals surface area contributed by atoms with Crippen molar-refractivity contribution in [2.75, 3.05) is 6.54 Å². The Morgan fingerprint density at radius 3 is 3.00 bits per heavy atom. The molecule has 1 amide bonds. The molecule has 20 heavy (non-hydrogen) atoms. The lowest BCUT2D eigenvalue weighted by Crippen LogP contribution is -2.36. The third-order valence-corrected chi connectivity index (χ3v) is 4.52. The second-order valence-corrected chi connectivity index (χ2v) is 5.90. The number of aryl methyl sites for hydroxylation is 1. The third-order valence-electron chi connectivity index (χ3n) is 3.67. The van der Waals surface area contributed by atoms with Crippen LogP contribution in [0.1, 0.15) is 27.2 Å². The number of halogens is 1. The fourth-order valence-electron chi connectivity index (χ4n) is 2.45. The molecular weight excluding hydrogens is 316 g/mol. The van der Waals surface area contributed by atoms with Crippen molar-refractivity contribution in [2.45, 2.75) is 19.9 Å². The number of fused-ring (bicyclic) bond motifs is 1. The smallest absolute Gasteiger partial charge is 0.254 e. The van der Waals surface area contributed by atoms with Gasteiger partial charge in [-0.3, -0.25) is 9.78 Å². The molecule has 0 saturated heterocycles. The molecule has 0 bridgehead atoms. The summed E-state index contributed by atoms with van der Waals surface area (Å²) in [6.45, 7) is 3.39. The molecule has 0 N–H and O–H groups in total. The monoisotopic (exact) mass is 330 g/mol. The van der Waals surface area contributed by atoms with E-state index in [1.807, 2.05) is 48.4 Å². The number of rotatable bonds is 1. The van der Waals surface area contributed by atoms with E-state index < -0.39 is 0 Å². The first-order valence-corrected chi connectivity index (χ1v) is 7.42. The minimum atomic E-state index is 0.0835. The van der Waals surface area contributed by atoms with E-state index in [-0.39, 0.29) is 5.91 Å². The SMILES string of the molecule is Cc1ccc(C(=O)N2CCc3ncccc3C2)cc1Br. The Kier molecular flexibility index (Phi) is 3.57. The zero-order valence-electron chi connectivity index (χ0n) is 11.3. The van der Waals surface area contributed by atoms with Gasteiger partial charge in [0.1, 0.15) is 0 Å². The van der Waals surface area contributed by atoms with Gasteiger partial charge in [-0.25, -0.2) is 0 Å². The highest BCUT2D eigenvalue weighted by atomic mass is 79.9. The lowest BCUT2D eigenvalue weighted by molar-refractivity contribution is 0.0733. The quantitative estimate of drug-likeness (QED) is 0.803. The maximum Gasteiger partial charge on any atom is 0.254 e. The molecular formula is C16H15BrN2O. The summed E-state index contributed by atoms with van der Waals surface area (Å²) in [5, 5.41) is 0. The summed E-state index contributed by atoms with van der Waals surface area (Å²) in [4.78, 5) is 18.8. The van der Waals surface area contributed by atoms with Crippen molar-refractivity contribution >= 4 is 21.8 Å². The highest BCUT2D eigenvalue weighted by Gasteiger charge is 2.22. The Morgan fingerprint density at radius 1 is 1.35 bits per heavy atom. The number of carbonyl (C=O) groups excluding carboxylic acids is 1. The molecule has 3 rings (SSSR count). The predicted octanol–water partition coefficient (Wildman–Crippen LogP) is 3.35. The summed E-state index contributed by atoms with van der Waals surface area (Å²) >= 11 is 3.48. The van der Waals surface area contributed by atoms with E-state index in [1.54, 1.807) is 0 Å². The van der Waals surface area contributed by atoms with E-state index in [9.17, 15) is 4.79 Å². The van der Waals surface area contributed by atoms with Gasteiger partial charge in [-0.15, -0.1) is 0 Å². The molecule has 1 aromatic carbocycles. The Hall–Kier alpha value is -1.68. The molecule has 1 aliphatic rings. The second kappa shape index (κ2) is 5.37. The van der Waals surface area contributed by atoms with Gasteiger partial charge < -0.3 is 4.90 Å². The highest BCUT2D eigenvalue weighted by Crippen LogP contribution is 2.22. The van der Waals surface area contributed by atoms with Crippen molar-refractivity contribution in [3.8, 4) is 0 Å². The number of hydrogen-bond acceptors (Lipinski definition) is 2. The predicted molar refractivity (Wildman–Crippen MR) is 81.6 cm³/mol. The number of aromatic nitrogens is 1. The van der Waals surface area contributed by atoms with E-state index in [1.165, 1.54) is 0 Å². The van der Waals surface area contributed by atoms with Gasteiger partial charge in [0, 0.05) is 41.4 Å². The van der Waals surface area contributed by atoms with Gasteiger partial charge >= 0.3 is 0 Å². The van der Waals surface area contributed by atoms with Crippen LogP contribution < -0.4 is 0 Å². The fraction of sp³-hybridized carbons (Fsp3) is 0.250. The van der Waals surface area contributed by atoms with E-state index in [0.29, 0.717) is 6.54 Å². The van der Waals surface area contributed by atoms with Crippen LogP contribution in [0.4, 0.5) is 0 Å². The molecule has 1 aromatic heterocycles. The van der Waals surface area contributed by atoms with E-state index >= 15 is 0 Å². The Labute approximate surface area is 126 Å². The molecule has 0 unspecified atom stereocenters. The van der Waals surface area contributed by atoms with Crippen molar-refractivity contribution in [3.05, 3.63) is 63.4 Å². The van der Waals surface area contributed by atoms with Crippen molar-refractivity contribution in [3.63, 3.8) is 0 Å². The van der Waals surface area contributed by atoms with Crippen LogP contribution in [0.3, 0.4) is 0 Å². The topological polar surface area (TPSA) is 33.2 Å². The lowest BCUT2D eigenvalue weighted by atomic mass is 10.0. The van der Waals surface area contributed by atoms with Crippen LogP contribution in [0, 0.1) is 6.92 Å². The molecule has 0 spiro atoms. The first kappa shape index (κ1) is 13.3. The minimum Gasteiger partial charge on any atom is -0.334 e.